The zero-order valence-electron chi connectivity index (χ0n) is 13.4. The van der Waals surface area contributed by atoms with Crippen LogP contribution in [0, 0.1) is 12.8 Å². The lowest BCUT2D eigenvalue weighted by molar-refractivity contribution is 0.203. The number of piperidine rings is 1. The summed E-state index contributed by atoms with van der Waals surface area (Å²) in [6, 6.07) is 8.75. The molecule has 1 aromatic carbocycles. The van der Waals surface area contributed by atoms with E-state index in [-0.39, 0.29) is 0 Å². The summed E-state index contributed by atoms with van der Waals surface area (Å²) < 4.78 is 0. The number of H-pyrrole nitrogens is 1. The molecule has 2 heterocycles. The Kier molecular flexibility index (Phi) is 3.75. The number of aromatic amines is 1. The topological polar surface area (TPSA) is 31.9 Å². The molecule has 0 radical (unpaired) electrons. The molecule has 2 fully saturated rings. The second-order valence-electron chi connectivity index (χ2n) is 7.09. The van der Waals surface area contributed by atoms with Crippen LogP contribution in [-0.4, -0.2) is 34.7 Å². The first kappa shape index (κ1) is 14.0. The van der Waals surface area contributed by atoms with Gasteiger partial charge in [0.2, 0.25) is 0 Å². The monoisotopic (exact) mass is 295 g/mol. The van der Waals surface area contributed by atoms with E-state index in [0.29, 0.717) is 5.92 Å². The fourth-order valence-electron chi connectivity index (χ4n) is 3.72. The quantitative estimate of drug-likeness (QED) is 0.925. The second kappa shape index (κ2) is 5.88. The number of rotatable bonds is 4. The Morgan fingerprint density at radius 3 is 2.73 bits per heavy atom. The van der Waals surface area contributed by atoms with Crippen molar-refractivity contribution in [3.63, 3.8) is 0 Å². The fraction of sp³-hybridized carbons (Fsp3) is 0.526. The van der Waals surface area contributed by atoms with Gasteiger partial charge in [0.1, 0.15) is 0 Å². The Labute approximate surface area is 132 Å². The minimum Gasteiger partial charge on any atom is -0.303 e. The average molecular weight is 295 g/mol. The van der Waals surface area contributed by atoms with Crippen molar-refractivity contribution in [2.24, 2.45) is 5.92 Å². The maximum atomic E-state index is 4.34. The Hall–Kier alpha value is -1.61. The first-order valence-corrected chi connectivity index (χ1v) is 8.62. The molecule has 0 atom stereocenters. The van der Waals surface area contributed by atoms with Crippen LogP contribution in [0.2, 0.25) is 0 Å². The molecule has 1 saturated heterocycles. The van der Waals surface area contributed by atoms with E-state index in [2.05, 4.69) is 46.3 Å². The minimum atomic E-state index is 0.633. The Bertz CT molecular complexity index is 634. The number of aromatic nitrogens is 2. The summed E-state index contributed by atoms with van der Waals surface area (Å²) in [7, 11) is 0. The number of aryl methyl sites for hydroxylation is 1. The SMILES string of the molecule is Cc1cccc(-c2cn[nH]c2C2CCN(CC3CC3)CC2)c1. The molecule has 4 rings (SSSR count). The van der Waals surface area contributed by atoms with Gasteiger partial charge >= 0.3 is 0 Å². The van der Waals surface area contributed by atoms with Gasteiger partial charge in [0, 0.05) is 23.7 Å². The Balaban J connectivity index is 1.48. The first-order chi connectivity index (χ1) is 10.8. The molecule has 0 spiro atoms. The molecule has 1 aromatic heterocycles. The zero-order valence-corrected chi connectivity index (χ0v) is 13.4. The number of hydrogen-bond acceptors (Lipinski definition) is 2. The number of nitrogens with zero attached hydrogens (tertiary/aromatic N) is 2. The molecule has 3 nitrogen and oxygen atoms in total. The van der Waals surface area contributed by atoms with Crippen molar-refractivity contribution in [1.82, 2.24) is 15.1 Å². The van der Waals surface area contributed by atoms with E-state index in [0.717, 1.165) is 5.92 Å². The van der Waals surface area contributed by atoms with Crippen molar-refractivity contribution in [1.29, 1.82) is 0 Å². The van der Waals surface area contributed by atoms with E-state index >= 15 is 0 Å². The highest BCUT2D eigenvalue weighted by Crippen LogP contribution is 2.36. The van der Waals surface area contributed by atoms with Crippen LogP contribution in [0.15, 0.2) is 30.5 Å². The van der Waals surface area contributed by atoms with E-state index in [1.54, 1.807) is 0 Å². The van der Waals surface area contributed by atoms with Gasteiger partial charge in [0.15, 0.2) is 0 Å². The van der Waals surface area contributed by atoms with Crippen molar-refractivity contribution in [2.45, 2.75) is 38.5 Å². The second-order valence-corrected chi connectivity index (χ2v) is 7.09. The standard InChI is InChI=1S/C19H25N3/c1-14-3-2-4-17(11-14)18-12-20-21-19(18)16-7-9-22(10-8-16)13-15-5-6-15/h2-4,11-12,15-16H,5-10,13H2,1H3,(H,20,21). The van der Waals surface area contributed by atoms with Crippen molar-refractivity contribution in [2.75, 3.05) is 19.6 Å². The van der Waals surface area contributed by atoms with Crippen molar-refractivity contribution < 1.29 is 0 Å². The third-order valence-electron chi connectivity index (χ3n) is 5.21. The van der Waals surface area contributed by atoms with Gasteiger partial charge in [0.25, 0.3) is 0 Å². The highest BCUT2D eigenvalue weighted by molar-refractivity contribution is 5.66. The van der Waals surface area contributed by atoms with Crippen molar-refractivity contribution in [3.8, 4) is 11.1 Å². The van der Waals surface area contributed by atoms with Gasteiger partial charge in [-0.25, -0.2) is 0 Å². The summed E-state index contributed by atoms with van der Waals surface area (Å²) in [5, 5.41) is 7.64. The predicted molar refractivity (Wildman–Crippen MR) is 89.9 cm³/mol. The summed E-state index contributed by atoms with van der Waals surface area (Å²) in [4.78, 5) is 2.66. The third-order valence-corrected chi connectivity index (χ3v) is 5.21. The molecule has 3 heteroatoms. The van der Waals surface area contributed by atoms with Gasteiger partial charge in [0.05, 0.1) is 6.20 Å². The van der Waals surface area contributed by atoms with Crippen LogP contribution in [0.25, 0.3) is 11.1 Å². The van der Waals surface area contributed by atoms with E-state index in [4.69, 9.17) is 0 Å². The highest BCUT2D eigenvalue weighted by atomic mass is 15.1. The maximum Gasteiger partial charge on any atom is 0.0568 e. The van der Waals surface area contributed by atoms with Crippen LogP contribution in [0.1, 0.15) is 42.9 Å². The largest absolute Gasteiger partial charge is 0.303 e. The molecule has 1 N–H and O–H groups in total. The predicted octanol–water partition coefficient (Wildman–Crippen LogP) is 3.97. The Morgan fingerprint density at radius 1 is 1.18 bits per heavy atom. The molecule has 0 bridgehead atoms. The van der Waals surface area contributed by atoms with Gasteiger partial charge in [-0.05, 0) is 57.2 Å². The normalized spacial score (nSPS) is 20.4. The fourth-order valence-corrected chi connectivity index (χ4v) is 3.72. The van der Waals surface area contributed by atoms with Crippen LogP contribution >= 0.6 is 0 Å². The highest BCUT2D eigenvalue weighted by Gasteiger charge is 2.28. The molecule has 116 valence electrons. The minimum absolute atomic E-state index is 0.633. The van der Waals surface area contributed by atoms with Crippen LogP contribution < -0.4 is 0 Å². The smallest absolute Gasteiger partial charge is 0.0568 e. The summed E-state index contributed by atoms with van der Waals surface area (Å²) in [6.45, 7) is 5.97. The number of benzene rings is 1. The molecule has 1 aliphatic heterocycles. The average Bonchev–Trinajstić information content (AvgIpc) is 3.21. The third kappa shape index (κ3) is 2.95. The molecule has 0 amide bonds. The summed E-state index contributed by atoms with van der Waals surface area (Å²) in [5.41, 5.74) is 5.24. The zero-order chi connectivity index (χ0) is 14.9. The molecule has 1 aliphatic carbocycles. The number of nitrogens with one attached hydrogen (secondary N) is 1. The van der Waals surface area contributed by atoms with E-state index in [1.807, 2.05) is 6.20 Å². The lowest BCUT2D eigenvalue weighted by Gasteiger charge is -2.31. The van der Waals surface area contributed by atoms with E-state index in [9.17, 15) is 0 Å². The van der Waals surface area contributed by atoms with Gasteiger partial charge in [-0.1, -0.05) is 29.8 Å². The summed E-state index contributed by atoms with van der Waals surface area (Å²) >= 11 is 0. The molecule has 2 aliphatic rings. The molecule has 1 saturated carbocycles. The summed E-state index contributed by atoms with van der Waals surface area (Å²) in [5.74, 6) is 1.64. The van der Waals surface area contributed by atoms with Crippen molar-refractivity contribution in [3.05, 3.63) is 41.7 Å². The van der Waals surface area contributed by atoms with Crippen LogP contribution in [0.4, 0.5) is 0 Å². The summed E-state index contributed by atoms with van der Waals surface area (Å²) in [6.07, 6.45) is 7.43. The van der Waals surface area contributed by atoms with Gasteiger partial charge in [-0.2, -0.15) is 5.10 Å². The van der Waals surface area contributed by atoms with Gasteiger partial charge in [-0.3, -0.25) is 5.10 Å². The molecule has 22 heavy (non-hydrogen) atoms. The van der Waals surface area contributed by atoms with E-state index < -0.39 is 0 Å². The molecule has 2 aromatic rings. The van der Waals surface area contributed by atoms with Crippen molar-refractivity contribution >= 4 is 0 Å². The lowest BCUT2D eigenvalue weighted by atomic mass is 9.89. The number of hydrogen-bond donors (Lipinski definition) is 1. The Morgan fingerprint density at radius 2 is 2.00 bits per heavy atom. The lowest BCUT2D eigenvalue weighted by Crippen LogP contribution is -2.34. The van der Waals surface area contributed by atoms with Crippen LogP contribution in [0.5, 0.6) is 0 Å². The van der Waals surface area contributed by atoms with E-state index in [1.165, 1.54) is 67.7 Å². The molecular formula is C19H25N3. The maximum absolute atomic E-state index is 4.34. The molecular weight excluding hydrogens is 270 g/mol. The first-order valence-electron chi connectivity index (χ1n) is 8.62. The van der Waals surface area contributed by atoms with Crippen LogP contribution in [0.3, 0.4) is 0 Å². The van der Waals surface area contributed by atoms with Gasteiger partial charge in [-0.15, -0.1) is 0 Å². The molecule has 0 unspecified atom stereocenters. The van der Waals surface area contributed by atoms with Gasteiger partial charge < -0.3 is 4.90 Å². The van der Waals surface area contributed by atoms with Crippen LogP contribution in [-0.2, 0) is 0 Å². The number of likely N-dealkylation sites (tertiary alicyclic amines) is 1.